The highest BCUT2D eigenvalue weighted by Crippen LogP contribution is 2.42. The number of carbonyl (C=O) groups excluding carboxylic acids is 1. The molecule has 0 saturated heterocycles. The lowest BCUT2D eigenvalue weighted by Gasteiger charge is -2.21. The molecule has 0 fully saturated rings. The van der Waals surface area contributed by atoms with Gasteiger partial charge < -0.3 is 9.15 Å². The fourth-order valence-corrected chi connectivity index (χ4v) is 4.32. The van der Waals surface area contributed by atoms with E-state index in [2.05, 4.69) is 10.2 Å². The molecular formula is C21H15N3O4S. The summed E-state index contributed by atoms with van der Waals surface area (Å²) in [5.41, 5.74) is 1.18. The first-order valence-corrected chi connectivity index (χ1v) is 9.73. The summed E-state index contributed by atoms with van der Waals surface area (Å²) in [6, 6.07) is 13.7. The third-order valence-electron chi connectivity index (χ3n) is 4.92. The van der Waals surface area contributed by atoms with Gasteiger partial charge in [-0.1, -0.05) is 41.7 Å². The number of amides is 1. The van der Waals surface area contributed by atoms with Crippen LogP contribution in [-0.4, -0.2) is 23.2 Å². The van der Waals surface area contributed by atoms with Gasteiger partial charge in [0, 0.05) is 6.07 Å². The first-order chi connectivity index (χ1) is 14.1. The zero-order valence-electron chi connectivity index (χ0n) is 15.6. The van der Waals surface area contributed by atoms with Crippen molar-refractivity contribution in [3.05, 3.63) is 80.6 Å². The Bertz CT molecular complexity index is 1310. The van der Waals surface area contributed by atoms with E-state index in [0.29, 0.717) is 27.4 Å². The van der Waals surface area contributed by atoms with Gasteiger partial charge in [-0.05, 0) is 24.6 Å². The van der Waals surface area contributed by atoms with E-state index in [0.717, 1.165) is 10.6 Å². The summed E-state index contributed by atoms with van der Waals surface area (Å²) in [6.45, 7) is 1.82. The number of hydrogen-bond acceptors (Lipinski definition) is 7. The van der Waals surface area contributed by atoms with Gasteiger partial charge >= 0.3 is 0 Å². The molecule has 144 valence electrons. The Balaban J connectivity index is 1.81. The van der Waals surface area contributed by atoms with E-state index in [1.807, 2.05) is 37.3 Å². The third kappa shape index (κ3) is 2.64. The lowest BCUT2D eigenvalue weighted by atomic mass is 9.99. The van der Waals surface area contributed by atoms with Crippen LogP contribution < -0.4 is 15.1 Å². The van der Waals surface area contributed by atoms with E-state index in [4.69, 9.17) is 9.15 Å². The van der Waals surface area contributed by atoms with Crippen LogP contribution in [0.2, 0.25) is 0 Å². The largest absolute Gasteiger partial charge is 0.497 e. The topological polar surface area (TPSA) is 85.5 Å². The van der Waals surface area contributed by atoms with Crippen LogP contribution in [0.5, 0.6) is 5.75 Å². The van der Waals surface area contributed by atoms with Crippen molar-refractivity contribution in [2.24, 2.45) is 0 Å². The number of ether oxygens (including phenoxy) is 1. The second-order valence-electron chi connectivity index (χ2n) is 6.63. The lowest BCUT2D eigenvalue weighted by Crippen LogP contribution is -2.29. The van der Waals surface area contributed by atoms with Crippen molar-refractivity contribution < 1.29 is 13.9 Å². The first-order valence-electron chi connectivity index (χ1n) is 8.92. The first kappa shape index (κ1) is 17.6. The van der Waals surface area contributed by atoms with E-state index in [-0.39, 0.29) is 11.2 Å². The molecule has 8 heteroatoms. The van der Waals surface area contributed by atoms with Crippen molar-refractivity contribution in [1.29, 1.82) is 0 Å². The Morgan fingerprint density at radius 2 is 1.90 bits per heavy atom. The highest BCUT2D eigenvalue weighted by Gasteiger charge is 2.45. The molecule has 5 rings (SSSR count). The number of anilines is 1. The third-order valence-corrected chi connectivity index (χ3v) is 5.75. The molecule has 1 aliphatic heterocycles. The van der Waals surface area contributed by atoms with Crippen LogP contribution in [0.3, 0.4) is 0 Å². The average Bonchev–Trinajstić information content (AvgIpc) is 3.29. The number of aryl methyl sites for hydroxylation is 1. The predicted molar refractivity (Wildman–Crippen MR) is 109 cm³/mol. The zero-order valence-corrected chi connectivity index (χ0v) is 16.4. The number of hydrogen-bond donors (Lipinski definition) is 0. The SMILES string of the molecule is COc1ccc2c(=O)c3c(oc2c1)C(=O)N(c1nnc(C)s1)[C@@H]3c1ccccc1. The van der Waals surface area contributed by atoms with Gasteiger partial charge in [-0.2, -0.15) is 0 Å². The molecule has 4 aromatic rings. The summed E-state index contributed by atoms with van der Waals surface area (Å²) >= 11 is 1.29. The maximum Gasteiger partial charge on any atom is 0.297 e. The minimum atomic E-state index is -0.631. The molecule has 1 amide bonds. The number of methoxy groups -OCH3 is 1. The number of fused-ring (bicyclic) bond motifs is 2. The van der Waals surface area contributed by atoms with E-state index >= 15 is 0 Å². The molecule has 0 spiro atoms. The minimum absolute atomic E-state index is 0.0254. The minimum Gasteiger partial charge on any atom is -0.497 e. The summed E-state index contributed by atoms with van der Waals surface area (Å²) in [7, 11) is 1.53. The van der Waals surface area contributed by atoms with Crippen LogP contribution in [0.4, 0.5) is 5.13 Å². The monoisotopic (exact) mass is 405 g/mol. The molecule has 1 atom stereocenters. The van der Waals surface area contributed by atoms with Gasteiger partial charge in [-0.25, -0.2) is 0 Å². The fraction of sp³-hybridized carbons (Fsp3) is 0.143. The van der Waals surface area contributed by atoms with E-state index < -0.39 is 11.9 Å². The number of nitrogens with zero attached hydrogens (tertiary/aromatic N) is 3. The average molecular weight is 405 g/mol. The smallest absolute Gasteiger partial charge is 0.297 e. The van der Waals surface area contributed by atoms with Gasteiger partial charge in [0.2, 0.25) is 10.9 Å². The summed E-state index contributed by atoms with van der Waals surface area (Å²) in [5, 5.41) is 9.73. The molecule has 0 saturated carbocycles. The summed E-state index contributed by atoms with van der Waals surface area (Å²) in [6.07, 6.45) is 0. The highest BCUT2D eigenvalue weighted by molar-refractivity contribution is 7.15. The van der Waals surface area contributed by atoms with Gasteiger partial charge in [-0.3, -0.25) is 14.5 Å². The molecule has 1 aliphatic rings. The molecule has 0 radical (unpaired) electrons. The maximum absolute atomic E-state index is 13.4. The van der Waals surface area contributed by atoms with Crippen molar-refractivity contribution in [2.75, 3.05) is 12.0 Å². The molecule has 29 heavy (non-hydrogen) atoms. The van der Waals surface area contributed by atoms with Crippen LogP contribution in [0.25, 0.3) is 11.0 Å². The zero-order chi connectivity index (χ0) is 20.1. The lowest BCUT2D eigenvalue weighted by molar-refractivity contribution is 0.0970. The quantitative estimate of drug-likeness (QED) is 0.517. The van der Waals surface area contributed by atoms with Crippen LogP contribution in [0.15, 0.2) is 57.7 Å². The summed E-state index contributed by atoms with van der Waals surface area (Å²) < 4.78 is 11.2. The standard InChI is InChI=1S/C21H15N3O4S/c1-11-22-23-21(29-11)24-17(12-6-4-3-5-7-12)16-18(25)14-9-8-13(27-2)10-15(14)28-19(16)20(24)26/h3-10,17H,1-2H3/t17-/m1/s1. The van der Waals surface area contributed by atoms with Crippen molar-refractivity contribution in [3.63, 3.8) is 0 Å². The fourth-order valence-electron chi connectivity index (χ4n) is 3.61. The van der Waals surface area contributed by atoms with E-state index in [9.17, 15) is 9.59 Å². The molecule has 0 bridgehead atoms. The van der Waals surface area contributed by atoms with E-state index in [1.165, 1.54) is 23.3 Å². The van der Waals surface area contributed by atoms with Gasteiger partial charge in [0.1, 0.15) is 16.3 Å². The normalized spacial score (nSPS) is 15.7. The van der Waals surface area contributed by atoms with Gasteiger partial charge in [0.05, 0.1) is 24.1 Å². The Kier molecular flexibility index (Phi) is 3.95. The summed E-state index contributed by atoms with van der Waals surface area (Å²) in [4.78, 5) is 28.3. The molecule has 0 unspecified atom stereocenters. The number of aromatic nitrogens is 2. The molecule has 2 aromatic heterocycles. The van der Waals surface area contributed by atoms with Crippen molar-refractivity contribution >= 4 is 33.3 Å². The Morgan fingerprint density at radius 3 is 2.59 bits per heavy atom. The number of rotatable bonds is 3. The second-order valence-corrected chi connectivity index (χ2v) is 7.79. The number of carbonyl (C=O) groups is 1. The van der Waals surface area contributed by atoms with Gasteiger partial charge in [0.15, 0.2) is 5.43 Å². The van der Waals surface area contributed by atoms with E-state index in [1.54, 1.807) is 18.2 Å². The Hall–Kier alpha value is -3.52. The molecule has 2 aromatic carbocycles. The van der Waals surface area contributed by atoms with Gasteiger partial charge in [-0.15, -0.1) is 10.2 Å². The van der Waals surface area contributed by atoms with Gasteiger partial charge in [0.25, 0.3) is 5.91 Å². The Morgan fingerprint density at radius 1 is 1.10 bits per heavy atom. The van der Waals surface area contributed by atoms with Crippen molar-refractivity contribution in [1.82, 2.24) is 10.2 Å². The van der Waals surface area contributed by atoms with Crippen molar-refractivity contribution in [3.8, 4) is 5.75 Å². The van der Waals surface area contributed by atoms with Crippen LogP contribution in [-0.2, 0) is 0 Å². The van der Waals surface area contributed by atoms with Crippen LogP contribution in [0, 0.1) is 6.92 Å². The van der Waals surface area contributed by atoms with Crippen LogP contribution in [0.1, 0.15) is 32.7 Å². The molecular weight excluding hydrogens is 390 g/mol. The molecule has 7 nitrogen and oxygen atoms in total. The second kappa shape index (κ2) is 6.52. The van der Waals surface area contributed by atoms with Crippen molar-refractivity contribution in [2.45, 2.75) is 13.0 Å². The molecule has 0 aliphatic carbocycles. The molecule has 3 heterocycles. The highest BCUT2D eigenvalue weighted by atomic mass is 32.1. The predicted octanol–water partition coefficient (Wildman–Crippen LogP) is 3.71. The maximum atomic E-state index is 13.4. The van der Waals surface area contributed by atoms with Crippen LogP contribution >= 0.6 is 11.3 Å². The number of benzene rings is 2. The Labute approximate surface area is 169 Å². The summed E-state index contributed by atoms with van der Waals surface area (Å²) in [5.74, 6) is 0.159. The molecule has 0 N–H and O–H groups in total.